The second kappa shape index (κ2) is 6.63. The van der Waals surface area contributed by atoms with E-state index in [9.17, 15) is 0 Å². The van der Waals surface area contributed by atoms with E-state index in [4.69, 9.17) is 0 Å². The average Bonchev–Trinajstić information content (AvgIpc) is 3.25. The summed E-state index contributed by atoms with van der Waals surface area (Å²) < 4.78 is 0. The Bertz CT molecular complexity index is 1120. The molecule has 142 valence electrons. The van der Waals surface area contributed by atoms with Crippen LogP contribution in [0.2, 0.25) is 0 Å². The van der Waals surface area contributed by atoms with Gasteiger partial charge in [0.1, 0.15) is 5.82 Å². The molecule has 1 aromatic carbocycles. The van der Waals surface area contributed by atoms with E-state index in [2.05, 4.69) is 72.8 Å². The third kappa shape index (κ3) is 3.28. The van der Waals surface area contributed by atoms with Crippen molar-refractivity contribution >= 4 is 28.6 Å². The van der Waals surface area contributed by atoms with Crippen molar-refractivity contribution in [1.82, 2.24) is 30.1 Å². The lowest BCUT2D eigenvalue weighted by Crippen LogP contribution is -2.11. The highest BCUT2D eigenvalue weighted by atomic mass is 15.2. The monoisotopic (exact) mass is 374 g/mol. The van der Waals surface area contributed by atoms with Crippen LogP contribution in [0.15, 0.2) is 36.8 Å². The predicted molar refractivity (Wildman–Crippen MR) is 109 cm³/mol. The van der Waals surface area contributed by atoms with Crippen molar-refractivity contribution in [3.63, 3.8) is 0 Å². The van der Waals surface area contributed by atoms with Crippen LogP contribution in [-0.2, 0) is 0 Å². The fourth-order valence-electron chi connectivity index (χ4n) is 3.48. The first kappa shape index (κ1) is 16.7. The van der Waals surface area contributed by atoms with Gasteiger partial charge in [-0.15, -0.1) is 0 Å². The number of aromatic amines is 2. The molecule has 0 radical (unpaired) electrons. The lowest BCUT2D eigenvalue weighted by atomic mass is 10.0. The van der Waals surface area contributed by atoms with E-state index in [1.54, 1.807) is 12.5 Å². The van der Waals surface area contributed by atoms with Crippen LogP contribution in [-0.4, -0.2) is 30.1 Å². The van der Waals surface area contributed by atoms with Crippen molar-refractivity contribution < 1.29 is 0 Å². The molecule has 0 unspecified atom stereocenters. The van der Waals surface area contributed by atoms with Crippen LogP contribution in [0.3, 0.4) is 0 Å². The number of hydrogen-bond acceptors (Lipinski definition) is 6. The summed E-state index contributed by atoms with van der Waals surface area (Å²) in [6.07, 6.45) is 5.94. The number of aromatic nitrogens is 6. The smallest absolute Gasteiger partial charge is 0.225 e. The van der Waals surface area contributed by atoms with E-state index in [1.807, 2.05) is 6.07 Å². The van der Waals surface area contributed by atoms with Gasteiger partial charge in [-0.1, -0.05) is 0 Å². The fourth-order valence-corrected chi connectivity index (χ4v) is 3.48. The number of rotatable bonds is 6. The highest BCUT2D eigenvalue weighted by Crippen LogP contribution is 2.39. The Hall–Kier alpha value is -3.42. The van der Waals surface area contributed by atoms with E-state index < -0.39 is 0 Å². The Balaban J connectivity index is 1.32. The lowest BCUT2D eigenvalue weighted by molar-refractivity contribution is 0.854. The van der Waals surface area contributed by atoms with E-state index >= 15 is 0 Å². The Morgan fingerprint density at radius 2 is 2.04 bits per heavy atom. The van der Waals surface area contributed by atoms with Crippen molar-refractivity contribution in [1.29, 1.82) is 0 Å². The van der Waals surface area contributed by atoms with Crippen LogP contribution in [0.4, 0.5) is 17.6 Å². The van der Waals surface area contributed by atoms with E-state index in [-0.39, 0.29) is 6.04 Å². The summed E-state index contributed by atoms with van der Waals surface area (Å²) in [4.78, 5) is 16.4. The van der Waals surface area contributed by atoms with Gasteiger partial charge in [0.05, 0.1) is 23.4 Å². The van der Waals surface area contributed by atoms with Gasteiger partial charge in [-0.2, -0.15) is 10.1 Å². The van der Waals surface area contributed by atoms with Crippen molar-refractivity contribution in [2.75, 3.05) is 10.6 Å². The van der Waals surface area contributed by atoms with Gasteiger partial charge in [0.25, 0.3) is 0 Å². The highest BCUT2D eigenvalue weighted by molar-refractivity contribution is 5.76. The zero-order valence-electron chi connectivity index (χ0n) is 15.8. The van der Waals surface area contributed by atoms with Gasteiger partial charge in [0, 0.05) is 23.9 Å². The largest absolute Gasteiger partial charge is 0.348 e. The van der Waals surface area contributed by atoms with Gasteiger partial charge in [0.2, 0.25) is 5.95 Å². The molecule has 8 heteroatoms. The van der Waals surface area contributed by atoms with E-state index in [0.29, 0.717) is 17.7 Å². The lowest BCUT2D eigenvalue weighted by Gasteiger charge is -2.17. The number of imidazole rings is 1. The van der Waals surface area contributed by atoms with Crippen molar-refractivity contribution in [3.8, 4) is 0 Å². The first-order chi connectivity index (χ1) is 13.7. The first-order valence-electron chi connectivity index (χ1n) is 9.51. The molecule has 3 aromatic heterocycles. The number of hydrogen-bond donors (Lipinski definition) is 4. The second-order valence-corrected chi connectivity index (χ2v) is 7.37. The maximum absolute atomic E-state index is 4.58. The Morgan fingerprint density at radius 3 is 2.89 bits per heavy atom. The van der Waals surface area contributed by atoms with Crippen molar-refractivity contribution in [2.45, 2.75) is 38.6 Å². The summed E-state index contributed by atoms with van der Waals surface area (Å²) in [5.41, 5.74) is 5.54. The minimum absolute atomic E-state index is 0.0446. The van der Waals surface area contributed by atoms with E-state index in [0.717, 1.165) is 16.9 Å². The molecule has 0 spiro atoms. The van der Waals surface area contributed by atoms with Crippen LogP contribution >= 0.6 is 0 Å². The quantitative estimate of drug-likeness (QED) is 0.403. The molecular formula is C20H22N8. The Kier molecular flexibility index (Phi) is 3.96. The maximum atomic E-state index is 4.58. The molecule has 4 N–H and O–H groups in total. The maximum Gasteiger partial charge on any atom is 0.225 e. The molecule has 5 rings (SSSR count). The number of anilines is 3. The zero-order valence-corrected chi connectivity index (χ0v) is 15.8. The molecule has 8 nitrogen and oxygen atoms in total. The highest BCUT2D eigenvalue weighted by Gasteiger charge is 2.25. The van der Waals surface area contributed by atoms with Crippen LogP contribution in [0, 0.1) is 6.92 Å². The number of nitrogens with one attached hydrogen (secondary N) is 4. The number of aryl methyl sites for hydroxylation is 1. The van der Waals surface area contributed by atoms with E-state index in [1.165, 1.54) is 29.7 Å². The Morgan fingerprint density at radius 1 is 1.14 bits per heavy atom. The molecule has 1 saturated carbocycles. The molecular weight excluding hydrogens is 352 g/mol. The summed E-state index contributed by atoms with van der Waals surface area (Å²) in [5, 5.41) is 14.0. The summed E-state index contributed by atoms with van der Waals surface area (Å²) in [5.74, 6) is 2.69. The number of fused-ring (bicyclic) bond motifs is 1. The molecule has 3 heterocycles. The number of benzene rings is 1. The molecule has 1 aliphatic carbocycles. The SMILES string of the molecule is Cc1cc2[nH]cnc2cc1[C@H](C)Nc1nccc(Nc2cc(C3CC3)[nH]n2)n1. The predicted octanol–water partition coefficient (Wildman–Crippen LogP) is 4.18. The normalized spacial score (nSPS) is 14.9. The van der Waals surface area contributed by atoms with Crippen LogP contribution in [0.25, 0.3) is 11.0 Å². The van der Waals surface area contributed by atoms with Gasteiger partial charge < -0.3 is 15.6 Å². The third-order valence-corrected chi connectivity index (χ3v) is 5.15. The minimum Gasteiger partial charge on any atom is -0.348 e. The molecule has 0 bridgehead atoms. The fraction of sp³-hybridized carbons (Fsp3) is 0.300. The molecule has 1 atom stereocenters. The van der Waals surface area contributed by atoms with Crippen LogP contribution in [0.5, 0.6) is 0 Å². The molecule has 4 aromatic rings. The topological polar surface area (TPSA) is 107 Å². The number of H-pyrrole nitrogens is 2. The molecule has 28 heavy (non-hydrogen) atoms. The van der Waals surface area contributed by atoms with Crippen molar-refractivity contribution in [2.24, 2.45) is 0 Å². The van der Waals surface area contributed by atoms with Crippen LogP contribution in [0.1, 0.15) is 48.5 Å². The molecule has 0 saturated heterocycles. The summed E-state index contributed by atoms with van der Waals surface area (Å²) in [6, 6.07) is 8.15. The third-order valence-electron chi connectivity index (χ3n) is 5.15. The van der Waals surface area contributed by atoms with Gasteiger partial charge in [-0.05, 0) is 56.0 Å². The van der Waals surface area contributed by atoms with Gasteiger partial charge >= 0.3 is 0 Å². The average molecular weight is 374 g/mol. The van der Waals surface area contributed by atoms with Crippen LogP contribution < -0.4 is 10.6 Å². The van der Waals surface area contributed by atoms with Gasteiger partial charge in [-0.3, -0.25) is 5.10 Å². The minimum atomic E-state index is 0.0446. The summed E-state index contributed by atoms with van der Waals surface area (Å²) in [6.45, 7) is 4.20. The molecule has 0 amide bonds. The summed E-state index contributed by atoms with van der Waals surface area (Å²) >= 11 is 0. The molecule has 1 aliphatic rings. The van der Waals surface area contributed by atoms with Gasteiger partial charge in [0.15, 0.2) is 5.82 Å². The number of nitrogens with zero attached hydrogens (tertiary/aromatic N) is 4. The molecule has 1 fully saturated rings. The zero-order chi connectivity index (χ0) is 19.1. The summed E-state index contributed by atoms with van der Waals surface area (Å²) in [7, 11) is 0. The Labute approximate surface area is 162 Å². The van der Waals surface area contributed by atoms with Crippen molar-refractivity contribution in [3.05, 3.63) is 53.6 Å². The first-order valence-corrected chi connectivity index (χ1v) is 9.51. The standard InChI is InChI=1S/C20H22N8/c1-11-7-16-17(23-10-22-16)8-14(11)12(2)24-20-21-6-5-18(26-20)25-19-9-15(27-28-19)13-3-4-13/h5-10,12-13H,3-4H2,1-2H3,(H,22,23)(H3,21,24,25,26,27,28)/t12-/m0/s1. The second-order valence-electron chi connectivity index (χ2n) is 7.37. The van der Waals surface area contributed by atoms with Gasteiger partial charge in [-0.25, -0.2) is 9.97 Å². The molecule has 0 aliphatic heterocycles.